The summed E-state index contributed by atoms with van der Waals surface area (Å²) in [6, 6.07) is 4.80. The lowest BCUT2D eigenvalue weighted by Gasteiger charge is -1.98. The van der Waals surface area contributed by atoms with Gasteiger partial charge < -0.3 is 9.97 Å². The lowest BCUT2D eigenvalue weighted by atomic mass is 10.1. The van der Waals surface area contributed by atoms with Crippen LogP contribution >= 0.6 is 0 Å². The van der Waals surface area contributed by atoms with Crippen LogP contribution in [0.5, 0.6) is 0 Å². The van der Waals surface area contributed by atoms with Gasteiger partial charge in [0.05, 0.1) is 17.5 Å². The SMILES string of the molecule is CC(=O)CC(=O)c1ccc2[nH]c(=O)[nH]c2c1. The number of carbonyl (C=O) groups is 2. The van der Waals surface area contributed by atoms with Crippen LogP contribution in [0.3, 0.4) is 0 Å². The van der Waals surface area contributed by atoms with Crippen molar-refractivity contribution in [2.75, 3.05) is 0 Å². The average molecular weight is 218 g/mol. The van der Waals surface area contributed by atoms with Crippen LogP contribution in [0.2, 0.25) is 0 Å². The first-order chi connectivity index (χ1) is 7.56. The largest absolute Gasteiger partial charge is 0.323 e. The molecule has 2 aromatic rings. The quantitative estimate of drug-likeness (QED) is 0.596. The first-order valence-corrected chi connectivity index (χ1v) is 4.81. The molecule has 1 aromatic carbocycles. The summed E-state index contributed by atoms with van der Waals surface area (Å²) in [6.07, 6.45) is -0.111. The van der Waals surface area contributed by atoms with Gasteiger partial charge in [-0.25, -0.2) is 4.79 Å². The van der Waals surface area contributed by atoms with Crippen molar-refractivity contribution in [2.45, 2.75) is 13.3 Å². The van der Waals surface area contributed by atoms with Crippen molar-refractivity contribution >= 4 is 22.6 Å². The van der Waals surface area contributed by atoms with Gasteiger partial charge in [-0.3, -0.25) is 9.59 Å². The highest BCUT2D eigenvalue weighted by atomic mass is 16.1. The molecule has 0 amide bonds. The van der Waals surface area contributed by atoms with Gasteiger partial charge in [-0.2, -0.15) is 0 Å². The van der Waals surface area contributed by atoms with Crippen molar-refractivity contribution < 1.29 is 9.59 Å². The number of aromatic nitrogens is 2. The molecule has 2 N–H and O–H groups in total. The summed E-state index contributed by atoms with van der Waals surface area (Å²) in [6.45, 7) is 1.37. The van der Waals surface area contributed by atoms with Gasteiger partial charge in [0, 0.05) is 5.56 Å². The van der Waals surface area contributed by atoms with E-state index in [0.717, 1.165) is 0 Å². The summed E-state index contributed by atoms with van der Waals surface area (Å²) in [5.74, 6) is -0.413. The monoisotopic (exact) mass is 218 g/mol. The van der Waals surface area contributed by atoms with Crippen molar-refractivity contribution in [1.82, 2.24) is 9.97 Å². The molecule has 5 nitrogen and oxygen atoms in total. The average Bonchev–Trinajstić information content (AvgIpc) is 2.55. The Balaban J connectivity index is 2.42. The first kappa shape index (κ1) is 10.4. The minimum atomic E-state index is -0.314. The molecule has 0 spiro atoms. The number of ketones is 2. The van der Waals surface area contributed by atoms with Crippen LogP contribution in [0.15, 0.2) is 23.0 Å². The van der Waals surface area contributed by atoms with Crippen LogP contribution < -0.4 is 5.69 Å². The summed E-state index contributed by atoms with van der Waals surface area (Å²) >= 11 is 0. The van der Waals surface area contributed by atoms with Gasteiger partial charge in [-0.15, -0.1) is 0 Å². The number of rotatable bonds is 3. The number of aromatic amines is 2. The van der Waals surface area contributed by atoms with E-state index in [1.54, 1.807) is 18.2 Å². The van der Waals surface area contributed by atoms with Crippen molar-refractivity contribution in [2.24, 2.45) is 0 Å². The van der Waals surface area contributed by atoms with Gasteiger partial charge in [-0.1, -0.05) is 0 Å². The third kappa shape index (κ3) is 1.93. The van der Waals surface area contributed by atoms with Crippen LogP contribution in [0, 0.1) is 0 Å². The molecule has 0 aliphatic heterocycles. The number of hydrogen-bond acceptors (Lipinski definition) is 3. The number of benzene rings is 1. The lowest BCUT2D eigenvalue weighted by Crippen LogP contribution is -2.04. The molecule has 0 radical (unpaired) electrons. The Labute approximate surface area is 90.5 Å². The van der Waals surface area contributed by atoms with E-state index in [4.69, 9.17) is 0 Å². The molecule has 2 rings (SSSR count). The molecular weight excluding hydrogens is 208 g/mol. The number of imidazole rings is 1. The summed E-state index contributed by atoms with van der Waals surface area (Å²) in [4.78, 5) is 38.5. The van der Waals surface area contributed by atoms with Crippen LogP contribution in [0.1, 0.15) is 23.7 Å². The van der Waals surface area contributed by atoms with Crippen molar-refractivity contribution in [3.05, 3.63) is 34.2 Å². The molecule has 1 heterocycles. The molecule has 1 aromatic heterocycles. The van der Waals surface area contributed by atoms with Crippen LogP contribution in [0.25, 0.3) is 11.0 Å². The summed E-state index contributed by atoms with van der Waals surface area (Å²) in [5, 5.41) is 0. The minimum absolute atomic E-state index is 0.111. The van der Waals surface area contributed by atoms with Gasteiger partial charge in [0.15, 0.2) is 5.78 Å². The van der Waals surface area contributed by atoms with E-state index in [2.05, 4.69) is 9.97 Å². The third-order valence-corrected chi connectivity index (χ3v) is 2.25. The Morgan fingerprint density at radius 1 is 1.19 bits per heavy atom. The molecule has 0 bridgehead atoms. The minimum Gasteiger partial charge on any atom is -0.306 e. The second-order valence-corrected chi connectivity index (χ2v) is 3.64. The molecule has 0 aliphatic carbocycles. The van der Waals surface area contributed by atoms with E-state index >= 15 is 0 Å². The zero-order valence-corrected chi connectivity index (χ0v) is 8.66. The Kier molecular flexibility index (Phi) is 2.44. The molecule has 82 valence electrons. The predicted octanol–water partition coefficient (Wildman–Crippen LogP) is 1.02. The molecule has 0 atom stereocenters. The molecule has 0 fully saturated rings. The second-order valence-electron chi connectivity index (χ2n) is 3.64. The fraction of sp³-hybridized carbons (Fsp3) is 0.182. The van der Waals surface area contributed by atoms with Crippen molar-refractivity contribution in [3.8, 4) is 0 Å². The van der Waals surface area contributed by atoms with E-state index < -0.39 is 0 Å². The van der Waals surface area contributed by atoms with E-state index in [1.807, 2.05) is 0 Å². The Morgan fingerprint density at radius 3 is 2.56 bits per heavy atom. The number of nitrogens with one attached hydrogen (secondary N) is 2. The Morgan fingerprint density at radius 2 is 1.88 bits per heavy atom. The molecule has 16 heavy (non-hydrogen) atoms. The maximum Gasteiger partial charge on any atom is 0.323 e. The van der Waals surface area contributed by atoms with Crippen LogP contribution in [-0.2, 0) is 4.79 Å². The molecule has 0 unspecified atom stereocenters. The third-order valence-electron chi connectivity index (χ3n) is 2.25. The lowest BCUT2D eigenvalue weighted by molar-refractivity contribution is -0.116. The second kappa shape index (κ2) is 3.77. The zero-order valence-electron chi connectivity index (χ0n) is 8.66. The number of H-pyrrole nitrogens is 2. The highest BCUT2D eigenvalue weighted by Gasteiger charge is 2.09. The normalized spacial score (nSPS) is 10.6. The summed E-state index contributed by atoms with van der Waals surface area (Å²) < 4.78 is 0. The maximum atomic E-state index is 11.6. The van der Waals surface area contributed by atoms with Crippen LogP contribution in [-0.4, -0.2) is 21.5 Å². The molecule has 0 aliphatic rings. The Hall–Kier alpha value is -2.17. The predicted molar refractivity (Wildman–Crippen MR) is 58.5 cm³/mol. The highest BCUT2D eigenvalue weighted by molar-refractivity contribution is 6.08. The van der Waals surface area contributed by atoms with Crippen molar-refractivity contribution in [1.29, 1.82) is 0 Å². The number of Topliss-reactive ketones (excluding diaryl/α,β-unsaturated/α-hetero) is 2. The van der Waals surface area contributed by atoms with Gasteiger partial charge in [0.1, 0.15) is 5.78 Å². The Bertz CT molecular complexity index is 621. The molecule has 5 heteroatoms. The molecule has 0 saturated heterocycles. The fourth-order valence-corrected chi connectivity index (χ4v) is 1.53. The standard InChI is InChI=1S/C11H10N2O3/c1-6(14)4-10(15)7-2-3-8-9(5-7)13-11(16)12-8/h2-3,5H,4H2,1H3,(H2,12,13,16). The van der Waals surface area contributed by atoms with E-state index in [0.29, 0.717) is 16.6 Å². The van der Waals surface area contributed by atoms with Gasteiger partial charge in [0.25, 0.3) is 0 Å². The van der Waals surface area contributed by atoms with Gasteiger partial charge >= 0.3 is 5.69 Å². The molecular formula is C11H10N2O3. The van der Waals surface area contributed by atoms with Crippen molar-refractivity contribution in [3.63, 3.8) is 0 Å². The number of fused-ring (bicyclic) bond motifs is 1. The van der Waals surface area contributed by atoms with Gasteiger partial charge in [0.2, 0.25) is 0 Å². The fourth-order valence-electron chi connectivity index (χ4n) is 1.53. The van der Waals surface area contributed by atoms with Crippen LogP contribution in [0.4, 0.5) is 0 Å². The summed E-state index contributed by atoms with van der Waals surface area (Å²) in [5.41, 5.74) is 1.33. The smallest absolute Gasteiger partial charge is 0.306 e. The van der Waals surface area contributed by atoms with E-state index in [9.17, 15) is 14.4 Å². The number of carbonyl (C=O) groups excluding carboxylic acids is 2. The highest BCUT2D eigenvalue weighted by Crippen LogP contribution is 2.11. The molecule has 0 saturated carbocycles. The maximum absolute atomic E-state index is 11.6. The summed E-state index contributed by atoms with van der Waals surface area (Å²) in [7, 11) is 0. The van der Waals surface area contributed by atoms with E-state index in [1.165, 1.54) is 6.92 Å². The topological polar surface area (TPSA) is 82.8 Å². The number of hydrogen-bond donors (Lipinski definition) is 2. The zero-order chi connectivity index (χ0) is 11.7. The van der Waals surface area contributed by atoms with Gasteiger partial charge in [-0.05, 0) is 25.1 Å². The first-order valence-electron chi connectivity index (χ1n) is 4.81. The van der Waals surface area contributed by atoms with E-state index in [-0.39, 0.29) is 23.7 Å².